The van der Waals surface area contributed by atoms with Gasteiger partial charge in [-0.05, 0) is 73.2 Å². The lowest BCUT2D eigenvalue weighted by molar-refractivity contribution is 0.0734. The molecule has 0 spiro atoms. The molecule has 146 valence electrons. The normalized spacial score (nSPS) is 18.9. The predicted molar refractivity (Wildman–Crippen MR) is 108 cm³/mol. The van der Waals surface area contributed by atoms with Crippen LogP contribution in [0.15, 0.2) is 48.5 Å². The summed E-state index contributed by atoms with van der Waals surface area (Å²) in [5.74, 6) is 2.52. The maximum Gasteiger partial charge on any atom is 0.343 e. The van der Waals surface area contributed by atoms with Crippen LogP contribution in [0, 0.1) is 23.2 Å². The van der Waals surface area contributed by atoms with Crippen LogP contribution < -0.4 is 9.47 Å². The van der Waals surface area contributed by atoms with Gasteiger partial charge in [-0.3, -0.25) is 0 Å². The number of esters is 1. The van der Waals surface area contributed by atoms with Crippen molar-refractivity contribution in [2.75, 3.05) is 6.61 Å². The quantitative estimate of drug-likeness (QED) is 0.349. The number of nitriles is 1. The molecule has 0 aromatic heterocycles. The average Bonchev–Trinajstić information content (AvgIpc) is 2.73. The van der Waals surface area contributed by atoms with E-state index in [0.29, 0.717) is 23.5 Å². The van der Waals surface area contributed by atoms with Crippen LogP contribution >= 0.6 is 0 Å². The summed E-state index contributed by atoms with van der Waals surface area (Å²) in [5, 5.41) is 8.80. The van der Waals surface area contributed by atoms with Crippen LogP contribution in [0.1, 0.15) is 61.4 Å². The molecule has 1 aliphatic carbocycles. The van der Waals surface area contributed by atoms with E-state index in [-0.39, 0.29) is 0 Å². The highest BCUT2D eigenvalue weighted by atomic mass is 16.5. The van der Waals surface area contributed by atoms with Crippen molar-refractivity contribution in [2.24, 2.45) is 11.8 Å². The molecule has 0 amide bonds. The number of rotatable bonds is 7. The van der Waals surface area contributed by atoms with Crippen LogP contribution in [0.5, 0.6) is 11.5 Å². The Hall–Kier alpha value is -2.80. The van der Waals surface area contributed by atoms with Gasteiger partial charge in [0.1, 0.15) is 11.5 Å². The molecule has 0 N–H and O–H groups in total. The van der Waals surface area contributed by atoms with Crippen molar-refractivity contribution in [1.29, 1.82) is 5.26 Å². The van der Waals surface area contributed by atoms with E-state index in [1.54, 1.807) is 48.5 Å². The highest BCUT2D eigenvalue weighted by Crippen LogP contribution is 2.31. The van der Waals surface area contributed by atoms with E-state index in [1.807, 2.05) is 6.07 Å². The first-order valence-electron chi connectivity index (χ1n) is 10.1. The fourth-order valence-electron chi connectivity index (χ4n) is 3.63. The lowest BCUT2D eigenvalue weighted by Gasteiger charge is -2.25. The Labute approximate surface area is 167 Å². The van der Waals surface area contributed by atoms with E-state index in [1.165, 1.54) is 32.1 Å². The van der Waals surface area contributed by atoms with E-state index in [0.717, 1.165) is 24.0 Å². The third-order valence-electron chi connectivity index (χ3n) is 5.44. The largest absolute Gasteiger partial charge is 0.494 e. The molecule has 0 aliphatic heterocycles. The molecule has 0 bridgehead atoms. The van der Waals surface area contributed by atoms with Gasteiger partial charge in [-0.25, -0.2) is 4.79 Å². The molecule has 4 nitrogen and oxygen atoms in total. The maximum absolute atomic E-state index is 12.2. The van der Waals surface area contributed by atoms with Crippen LogP contribution in [-0.2, 0) is 0 Å². The first-order valence-corrected chi connectivity index (χ1v) is 10.1. The van der Waals surface area contributed by atoms with Gasteiger partial charge in [0.25, 0.3) is 0 Å². The van der Waals surface area contributed by atoms with E-state index in [4.69, 9.17) is 14.7 Å². The molecule has 0 heterocycles. The Balaban J connectivity index is 1.41. The Morgan fingerprint density at radius 1 is 1.00 bits per heavy atom. The topological polar surface area (TPSA) is 59.3 Å². The van der Waals surface area contributed by atoms with Gasteiger partial charge in [-0.15, -0.1) is 0 Å². The fraction of sp³-hybridized carbons (Fsp3) is 0.417. The van der Waals surface area contributed by atoms with Crippen molar-refractivity contribution in [3.05, 3.63) is 59.7 Å². The van der Waals surface area contributed by atoms with Crippen LogP contribution in [-0.4, -0.2) is 12.6 Å². The first kappa shape index (κ1) is 19.9. The summed E-state index contributed by atoms with van der Waals surface area (Å²) in [7, 11) is 0. The molecule has 2 aromatic carbocycles. The second kappa shape index (κ2) is 9.94. The molecule has 0 unspecified atom stereocenters. The number of hydrogen-bond donors (Lipinski definition) is 0. The van der Waals surface area contributed by atoms with Crippen molar-refractivity contribution < 1.29 is 14.3 Å². The summed E-state index contributed by atoms with van der Waals surface area (Å²) in [4.78, 5) is 12.2. The number of nitrogens with zero attached hydrogens (tertiary/aromatic N) is 1. The molecule has 0 radical (unpaired) electrons. The summed E-state index contributed by atoms with van der Waals surface area (Å²) in [6, 6.07) is 15.5. The van der Waals surface area contributed by atoms with Gasteiger partial charge in [-0.2, -0.15) is 5.26 Å². The Morgan fingerprint density at radius 2 is 1.64 bits per heavy atom. The summed E-state index contributed by atoms with van der Waals surface area (Å²) in [6.45, 7) is 3.06. The summed E-state index contributed by atoms with van der Waals surface area (Å²) < 4.78 is 11.1. The number of hydrogen-bond acceptors (Lipinski definition) is 4. The molecule has 0 atom stereocenters. The lowest BCUT2D eigenvalue weighted by atomic mass is 9.81. The molecule has 0 saturated heterocycles. The number of carbonyl (C=O) groups is 1. The molecule has 1 aliphatic rings. The first-order chi connectivity index (χ1) is 13.6. The minimum absolute atomic E-state index is 0.418. The van der Waals surface area contributed by atoms with Crippen molar-refractivity contribution >= 4 is 5.97 Å². The smallest absolute Gasteiger partial charge is 0.343 e. The molecule has 4 heteroatoms. The lowest BCUT2D eigenvalue weighted by Crippen LogP contribution is -2.13. The summed E-state index contributed by atoms with van der Waals surface area (Å²) in [5.41, 5.74) is 0.993. The Morgan fingerprint density at radius 3 is 2.29 bits per heavy atom. The van der Waals surface area contributed by atoms with Gasteiger partial charge in [0, 0.05) is 0 Å². The SMILES string of the molecule is CC1CCC(CCCOc2ccc(C(=O)Oc3ccc(C#N)cc3)cc2)CC1. The predicted octanol–water partition coefficient (Wildman–Crippen LogP) is 5.76. The number of benzene rings is 2. The highest BCUT2D eigenvalue weighted by Gasteiger charge is 2.17. The van der Waals surface area contributed by atoms with Crippen LogP contribution in [0.4, 0.5) is 0 Å². The maximum atomic E-state index is 12.2. The molecule has 3 rings (SSSR count). The molecule has 1 saturated carbocycles. The van der Waals surface area contributed by atoms with E-state index < -0.39 is 5.97 Å². The molecule has 28 heavy (non-hydrogen) atoms. The Kier molecular flexibility index (Phi) is 7.08. The second-order valence-corrected chi connectivity index (χ2v) is 7.67. The van der Waals surface area contributed by atoms with Gasteiger partial charge in [0.15, 0.2) is 0 Å². The van der Waals surface area contributed by atoms with Crippen molar-refractivity contribution in [1.82, 2.24) is 0 Å². The second-order valence-electron chi connectivity index (χ2n) is 7.67. The minimum Gasteiger partial charge on any atom is -0.494 e. The van der Waals surface area contributed by atoms with E-state index in [2.05, 4.69) is 6.92 Å². The van der Waals surface area contributed by atoms with E-state index in [9.17, 15) is 4.79 Å². The zero-order valence-corrected chi connectivity index (χ0v) is 16.4. The van der Waals surface area contributed by atoms with Gasteiger partial charge in [-0.1, -0.05) is 32.6 Å². The van der Waals surface area contributed by atoms with Crippen LogP contribution in [0.25, 0.3) is 0 Å². The van der Waals surface area contributed by atoms with Crippen molar-refractivity contribution in [3.8, 4) is 17.6 Å². The third kappa shape index (κ3) is 5.85. The molecule has 2 aromatic rings. The number of carbonyl (C=O) groups excluding carboxylic acids is 1. The zero-order valence-electron chi connectivity index (χ0n) is 16.4. The monoisotopic (exact) mass is 377 g/mol. The van der Waals surface area contributed by atoms with Crippen molar-refractivity contribution in [2.45, 2.75) is 45.4 Å². The molecule has 1 fully saturated rings. The summed E-state index contributed by atoms with van der Waals surface area (Å²) >= 11 is 0. The average molecular weight is 377 g/mol. The molecular weight excluding hydrogens is 350 g/mol. The van der Waals surface area contributed by atoms with E-state index >= 15 is 0 Å². The van der Waals surface area contributed by atoms with Gasteiger partial charge in [0.05, 0.1) is 23.8 Å². The zero-order chi connectivity index (χ0) is 19.8. The standard InChI is InChI=1S/C24H27NO3/c1-18-4-6-19(7-5-18)3-2-16-27-22-14-10-21(11-15-22)24(26)28-23-12-8-20(17-25)9-13-23/h8-15,18-19H,2-7,16H2,1H3. The van der Waals surface area contributed by atoms with Crippen LogP contribution in [0.2, 0.25) is 0 Å². The summed E-state index contributed by atoms with van der Waals surface area (Å²) in [6.07, 6.45) is 7.76. The van der Waals surface area contributed by atoms with Gasteiger partial charge >= 0.3 is 5.97 Å². The highest BCUT2D eigenvalue weighted by molar-refractivity contribution is 5.91. The van der Waals surface area contributed by atoms with Crippen molar-refractivity contribution in [3.63, 3.8) is 0 Å². The van der Waals surface area contributed by atoms with Gasteiger partial charge in [0.2, 0.25) is 0 Å². The Bertz CT molecular complexity index is 797. The fourth-order valence-corrected chi connectivity index (χ4v) is 3.63. The molecular formula is C24H27NO3. The van der Waals surface area contributed by atoms with Crippen LogP contribution in [0.3, 0.4) is 0 Å². The van der Waals surface area contributed by atoms with Gasteiger partial charge < -0.3 is 9.47 Å². The number of ether oxygens (including phenoxy) is 2. The third-order valence-corrected chi connectivity index (χ3v) is 5.44. The minimum atomic E-state index is -0.428.